The van der Waals surface area contributed by atoms with Crippen LogP contribution in [0.3, 0.4) is 0 Å². The van der Waals surface area contributed by atoms with Crippen LogP contribution in [0.4, 0.5) is 13.6 Å². The van der Waals surface area contributed by atoms with Crippen LogP contribution in [0.25, 0.3) is 0 Å². The highest BCUT2D eigenvalue weighted by atomic mass is 19.3. The summed E-state index contributed by atoms with van der Waals surface area (Å²) >= 11 is 0. The third kappa shape index (κ3) is 2.70. The SMILES string of the molecule is NC(=O)Oc1ccn(C2OC(CO)C(O)C2(F)F)c(=O)n1. The summed E-state index contributed by atoms with van der Waals surface area (Å²) in [5, 5.41) is 18.2. The van der Waals surface area contributed by atoms with Gasteiger partial charge in [0.2, 0.25) is 12.1 Å². The van der Waals surface area contributed by atoms with Gasteiger partial charge in [-0.1, -0.05) is 0 Å². The van der Waals surface area contributed by atoms with Gasteiger partial charge in [-0.15, -0.1) is 0 Å². The molecule has 1 aromatic rings. The first kappa shape index (κ1) is 15.3. The van der Waals surface area contributed by atoms with Gasteiger partial charge in [-0.05, 0) is 0 Å². The lowest BCUT2D eigenvalue weighted by Gasteiger charge is -2.20. The van der Waals surface area contributed by atoms with Gasteiger partial charge < -0.3 is 25.4 Å². The molecule has 1 aromatic heterocycles. The number of hydrogen-bond acceptors (Lipinski definition) is 7. The summed E-state index contributed by atoms with van der Waals surface area (Å²) in [6, 6.07) is 0.949. The quantitative estimate of drug-likeness (QED) is 0.623. The van der Waals surface area contributed by atoms with Gasteiger partial charge in [0.25, 0.3) is 0 Å². The van der Waals surface area contributed by atoms with Crippen LogP contribution in [0.5, 0.6) is 5.88 Å². The summed E-state index contributed by atoms with van der Waals surface area (Å²) in [5.74, 6) is -4.28. The van der Waals surface area contributed by atoms with Crippen LogP contribution < -0.4 is 16.2 Å². The first-order chi connectivity index (χ1) is 9.77. The number of hydrogen-bond donors (Lipinski definition) is 3. The number of carbonyl (C=O) groups is 1. The van der Waals surface area contributed by atoms with Crippen molar-refractivity contribution in [3.05, 3.63) is 22.7 Å². The molecule has 21 heavy (non-hydrogen) atoms. The number of rotatable bonds is 3. The Balaban J connectivity index is 2.34. The second kappa shape index (κ2) is 5.35. The minimum atomic E-state index is -3.81. The fourth-order valence-corrected chi connectivity index (χ4v) is 1.85. The topological polar surface area (TPSA) is 137 Å². The molecule has 1 amide bonds. The van der Waals surface area contributed by atoms with Crippen molar-refractivity contribution in [3.63, 3.8) is 0 Å². The molecule has 0 radical (unpaired) electrons. The minimum absolute atomic E-state index is 0.409. The normalized spacial score (nSPS) is 27.5. The Kier molecular flexibility index (Phi) is 3.89. The summed E-state index contributed by atoms with van der Waals surface area (Å²) < 4.78 is 37.2. The number of primary amides is 1. The zero-order valence-electron chi connectivity index (χ0n) is 10.3. The van der Waals surface area contributed by atoms with Crippen LogP contribution >= 0.6 is 0 Å². The number of nitrogens with zero attached hydrogens (tertiary/aromatic N) is 2. The summed E-state index contributed by atoms with van der Waals surface area (Å²) in [4.78, 5) is 25.4. The van der Waals surface area contributed by atoms with Crippen molar-refractivity contribution in [1.29, 1.82) is 0 Å². The van der Waals surface area contributed by atoms with E-state index in [-0.39, 0.29) is 0 Å². The Bertz CT molecular complexity index is 607. The number of amides is 1. The molecule has 0 aromatic carbocycles. The molecule has 0 saturated carbocycles. The lowest BCUT2D eigenvalue weighted by Crippen LogP contribution is -2.41. The number of aliphatic hydroxyl groups is 2. The van der Waals surface area contributed by atoms with E-state index in [1.165, 1.54) is 0 Å². The summed E-state index contributed by atoms with van der Waals surface area (Å²) in [5.41, 5.74) is 3.51. The highest BCUT2D eigenvalue weighted by molar-refractivity contribution is 5.67. The molecule has 0 bridgehead atoms. The number of aliphatic hydroxyl groups excluding tert-OH is 2. The van der Waals surface area contributed by atoms with Crippen LogP contribution in [0.1, 0.15) is 6.23 Å². The molecule has 1 fully saturated rings. The average Bonchev–Trinajstić information content (AvgIpc) is 2.61. The van der Waals surface area contributed by atoms with Crippen LogP contribution in [-0.4, -0.2) is 50.6 Å². The predicted molar refractivity (Wildman–Crippen MR) is 60.7 cm³/mol. The zero-order valence-corrected chi connectivity index (χ0v) is 10.3. The Labute approximate surface area is 115 Å². The smallest absolute Gasteiger partial charge is 0.394 e. The van der Waals surface area contributed by atoms with Crippen LogP contribution in [0.2, 0.25) is 0 Å². The lowest BCUT2D eigenvalue weighted by molar-refractivity contribution is -0.141. The minimum Gasteiger partial charge on any atom is -0.394 e. The maximum Gasteiger partial charge on any atom is 0.411 e. The first-order valence-electron chi connectivity index (χ1n) is 5.66. The zero-order chi connectivity index (χ0) is 15.8. The Hall–Kier alpha value is -2.11. The van der Waals surface area contributed by atoms with E-state index in [4.69, 9.17) is 15.6 Å². The van der Waals surface area contributed by atoms with Gasteiger partial charge in [0.1, 0.15) is 6.10 Å². The molecule has 3 atom stereocenters. The molecule has 2 rings (SSSR count). The average molecular weight is 307 g/mol. The van der Waals surface area contributed by atoms with E-state index in [0.717, 1.165) is 12.3 Å². The van der Waals surface area contributed by atoms with Gasteiger partial charge in [-0.25, -0.2) is 9.59 Å². The number of ether oxygens (including phenoxy) is 2. The Morgan fingerprint density at radius 1 is 1.62 bits per heavy atom. The Morgan fingerprint density at radius 2 is 2.29 bits per heavy atom. The number of carbonyl (C=O) groups excluding carboxylic acids is 1. The van der Waals surface area contributed by atoms with Gasteiger partial charge in [0, 0.05) is 12.3 Å². The third-order valence-corrected chi connectivity index (χ3v) is 2.82. The van der Waals surface area contributed by atoms with E-state index in [1.807, 2.05) is 0 Å². The van der Waals surface area contributed by atoms with E-state index < -0.39 is 48.6 Å². The molecule has 11 heteroatoms. The fourth-order valence-electron chi connectivity index (χ4n) is 1.85. The molecule has 116 valence electrons. The van der Waals surface area contributed by atoms with Crippen molar-refractivity contribution in [3.8, 4) is 5.88 Å². The summed E-state index contributed by atoms with van der Waals surface area (Å²) in [6.45, 7) is -0.849. The molecule has 9 nitrogen and oxygen atoms in total. The van der Waals surface area contributed by atoms with Crippen LogP contribution in [-0.2, 0) is 4.74 Å². The van der Waals surface area contributed by atoms with E-state index >= 15 is 0 Å². The highest BCUT2D eigenvalue weighted by Gasteiger charge is 2.59. The van der Waals surface area contributed by atoms with Crippen molar-refractivity contribution >= 4 is 6.09 Å². The predicted octanol–water partition coefficient (Wildman–Crippen LogP) is -1.41. The number of alkyl halides is 2. The molecule has 1 saturated heterocycles. The van der Waals surface area contributed by atoms with Crippen LogP contribution in [0.15, 0.2) is 17.1 Å². The molecule has 0 aliphatic carbocycles. The van der Waals surface area contributed by atoms with Crippen molar-refractivity contribution in [2.75, 3.05) is 6.61 Å². The van der Waals surface area contributed by atoms with E-state index in [9.17, 15) is 23.5 Å². The highest BCUT2D eigenvalue weighted by Crippen LogP contribution is 2.41. The van der Waals surface area contributed by atoms with Gasteiger partial charge in [0.05, 0.1) is 6.61 Å². The van der Waals surface area contributed by atoms with E-state index in [0.29, 0.717) is 4.57 Å². The number of nitrogens with two attached hydrogens (primary N) is 1. The molecule has 3 unspecified atom stereocenters. The molecule has 1 aliphatic rings. The molecule has 4 N–H and O–H groups in total. The third-order valence-electron chi connectivity index (χ3n) is 2.82. The van der Waals surface area contributed by atoms with E-state index in [2.05, 4.69) is 9.72 Å². The monoisotopic (exact) mass is 307 g/mol. The summed E-state index contributed by atoms with van der Waals surface area (Å²) in [7, 11) is 0. The lowest BCUT2D eigenvalue weighted by atomic mass is 10.1. The van der Waals surface area contributed by atoms with Gasteiger partial charge in [-0.3, -0.25) is 4.57 Å². The first-order valence-corrected chi connectivity index (χ1v) is 5.66. The molecule has 0 spiro atoms. The molecule has 1 aliphatic heterocycles. The van der Waals surface area contributed by atoms with Gasteiger partial charge in [0.15, 0.2) is 6.10 Å². The molecular weight excluding hydrogens is 296 g/mol. The maximum absolute atomic E-state index is 13.8. The summed E-state index contributed by atoms with van der Waals surface area (Å²) in [6.07, 6.45) is -6.34. The number of halogens is 2. The second-order valence-electron chi connectivity index (χ2n) is 4.21. The molecular formula is C10H11F2N3O6. The van der Waals surface area contributed by atoms with Crippen molar-refractivity contribution in [2.24, 2.45) is 5.73 Å². The fraction of sp³-hybridized carbons (Fsp3) is 0.500. The Morgan fingerprint density at radius 3 is 2.76 bits per heavy atom. The molecule has 2 heterocycles. The van der Waals surface area contributed by atoms with Gasteiger partial charge in [-0.2, -0.15) is 13.8 Å². The standard InChI is InChI=1S/C10H11F2N3O6/c11-10(12)6(17)4(3-16)20-7(10)15-2-1-5(14-9(15)19)21-8(13)18/h1-2,4,6-7,16-17H,3H2,(H2,13,18). The van der Waals surface area contributed by atoms with Crippen molar-refractivity contribution in [1.82, 2.24) is 9.55 Å². The van der Waals surface area contributed by atoms with Gasteiger partial charge >= 0.3 is 17.7 Å². The van der Waals surface area contributed by atoms with Crippen molar-refractivity contribution < 1.29 is 33.3 Å². The maximum atomic E-state index is 13.8. The second-order valence-corrected chi connectivity index (χ2v) is 4.21. The van der Waals surface area contributed by atoms with E-state index in [1.54, 1.807) is 0 Å². The van der Waals surface area contributed by atoms with Crippen molar-refractivity contribution in [2.45, 2.75) is 24.4 Å². The largest absolute Gasteiger partial charge is 0.411 e. The number of aromatic nitrogens is 2. The van der Waals surface area contributed by atoms with Crippen LogP contribution in [0, 0.1) is 0 Å².